The van der Waals surface area contributed by atoms with Crippen LogP contribution in [0.15, 0.2) is 52.6 Å². The van der Waals surface area contributed by atoms with Gasteiger partial charge in [-0.15, -0.1) is 0 Å². The lowest BCUT2D eigenvalue weighted by molar-refractivity contribution is -0.115. The summed E-state index contributed by atoms with van der Waals surface area (Å²) in [6.07, 6.45) is 10.9. The molecular weight excluding hydrogens is 502 g/mol. The van der Waals surface area contributed by atoms with Crippen LogP contribution < -0.4 is 9.46 Å². The van der Waals surface area contributed by atoms with Crippen LogP contribution in [0.4, 0.5) is 0 Å². The normalized spacial score (nSPS) is 23.3. The molecule has 202 valence electrons. The number of rotatable bonds is 6. The van der Waals surface area contributed by atoms with Gasteiger partial charge < -0.3 is 14.4 Å². The zero-order chi connectivity index (χ0) is 26.8. The SMILES string of the molecule is COc1ccc(C2CCCCC2)c2c1cc1n2CC2=C(C(=O)NS(=O)(=O)N(C)C)C2=C2C=CC[C@@H](CO)C21. The quantitative estimate of drug-likeness (QED) is 0.582. The fraction of sp³-hybridized carbons (Fsp3) is 0.483. The van der Waals surface area contributed by atoms with E-state index in [9.17, 15) is 18.3 Å². The third kappa shape index (κ3) is 3.94. The molecule has 9 heteroatoms. The molecule has 3 aliphatic carbocycles. The largest absolute Gasteiger partial charge is 0.496 e. The number of hydrogen-bond acceptors (Lipinski definition) is 5. The maximum absolute atomic E-state index is 13.2. The Labute approximate surface area is 223 Å². The van der Waals surface area contributed by atoms with E-state index < -0.39 is 16.1 Å². The molecule has 6 rings (SSSR count). The Morgan fingerprint density at radius 3 is 2.66 bits per heavy atom. The monoisotopic (exact) mass is 537 g/mol. The molecule has 1 amide bonds. The molecule has 2 heterocycles. The molecule has 1 unspecified atom stereocenters. The van der Waals surface area contributed by atoms with Crippen molar-refractivity contribution >= 4 is 27.0 Å². The Morgan fingerprint density at radius 1 is 1.21 bits per heavy atom. The first-order valence-corrected chi connectivity index (χ1v) is 14.9. The molecule has 0 bridgehead atoms. The lowest BCUT2D eigenvalue weighted by Gasteiger charge is -2.30. The molecular formula is C29H35N3O5S. The number of benzene rings is 1. The highest BCUT2D eigenvalue weighted by Gasteiger charge is 2.46. The molecule has 1 aliphatic heterocycles. The fourth-order valence-electron chi connectivity index (χ4n) is 6.81. The number of carbonyl (C=O) groups excluding carboxylic acids is 1. The van der Waals surface area contributed by atoms with Crippen LogP contribution in [0.1, 0.15) is 61.6 Å². The second-order valence-corrected chi connectivity index (χ2v) is 13.0. The zero-order valence-corrected chi connectivity index (χ0v) is 23.0. The number of carbonyl (C=O) groups is 1. The van der Waals surface area contributed by atoms with Crippen molar-refractivity contribution in [2.75, 3.05) is 27.8 Å². The summed E-state index contributed by atoms with van der Waals surface area (Å²) in [5, 5.41) is 11.5. The van der Waals surface area contributed by atoms with Crippen LogP contribution in [0.5, 0.6) is 5.75 Å². The van der Waals surface area contributed by atoms with E-state index in [2.05, 4.69) is 33.6 Å². The van der Waals surface area contributed by atoms with Gasteiger partial charge in [0.05, 0.1) is 18.2 Å². The van der Waals surface area contributed by atoms with Crippen LogP contribution in [0.2, 0.25) is 0 Å². The van der Waals surface area contributed by atoms with Gasteiger partial charge in [0, 0.05) is 44.2 Å². The van der Waals surface area contributed by atoms with Crippen LogP contribution >= 0.6 is 0 Å². The molecule has 4 aliphatic rings. The van der Waals surface area contributed by atoms with E-state index >= 15 is 0 Å². The molecule has 2 N–H and O–H groups in total. The van der Waals surface area contributed by atoms with Gasteiger partial charge in [0.25, 0.3) is 5.91 Å². The molecule has 2 atom stereocenters. The number of allylic oxidation sites excluding steroid dienone is 4. The third-order valence-electron chi connectivity index (χ3n) is 8.77. The van der Waals surface area contributed by atoms with Gasteiger partial charge in [-0.1, -0.05) is 37.5 Å². The minimum atomic E-state index is -3.92. The lowest BCUT2D eigenvalue weighted by atomic mass is 9.77. The second kappa shape index (κ2) is 9.39. The van der Waals surface area contributed by atoms with Crippen molar-refractivity contribution in [2.24, 2.45) is 5.92 Å². The first kappa shape index (κ1) is 25.4. The summed E-state index contributed by atoms with van der Waals surface area (Å²) in [5.74, 6) is 0.540. The van der Waals surface area contributed by atoms with Gasteiger partial charge in [0.15, 0.2) is 0 Å². The number of fused-ring (bicyclic) bond motifs is 6. The highest BCUT2D eigenvalue weighted by molar-refractivity contribution is 7.87. The van der Waals surface area contributed by atoms with Crippen LogP contribution in [-0.2, 0) is 21.5 Å². The first-order chi connectivity index (χ1) is 18.3. The maximum atomic E-state index is 13.2. The number of hydrogen-bond donors (Lipinski definition) is 2. The average Bonchev–Trinajstić information content (AvgIpc) is 3.54. The highest BCUT2D eigenvalue weighted by Crippen LogP contribution is 2.55. The highest BCUT2D eigenvalue weighted by atomic mass is 32.2. The zero-order valence-electron chi connectivity index (χ0n) is 22.2. The topological polar surface area (TPSA) is 101 Å². The molecule has 0 radical (unpaired) electrons. The molecule has 1 fully saturated rings. The van der Waals surface area contributed by atoms with Gasteiger partial charge in [0.1, 0.15) is 5.75 Å². The summed E-state index contributed by atoms with van der Waals surface area (Å²) >= 11 is 0. The molecule has 0 saturated heterocycles. The van der Waals surface area contributed by atoms with Crippen LogP contribution in [0.25, 0.3) is 10.9 Å². The van der Waals surface area contributed by atoms with E-state index in [1.54, 1.807) is 7.11 Å². The molecule has 1 aromatic heterocycles. The van der Waals surface area contributed by atoms with Gasteiger partial charge in [0.2, 0.25) is 0 Å². The summed E-state index contributed by atoms with van der Waals surface area (Å²) in [4.78, 5) is 13.2. The minimum absolute atomic E-state index is 0.0196. The number of nitrogens with zero attached hydrogens (tertiary/aromatic N) is 2. The van der Waals surface area contributed by atoms with Gasteiger partial charge in [-0.3, -0.25) is 4.79 Å². The van der Waals surface area contributed by atoms with Crippen LogP contribution in [-0.4, -0.2) is 56.1 Å². The molecule has 2 aromatic rings. The van der Waals surface area contributed by atoms with E-state index in [0.717, 1.165) is 62.6 Å². The van der Waals surface area contributed by atoms with E-state index in [1.165, 1.54) is 38.9 Å². The van der Waals surface area contributed by atoms with Gasteiger partial charge >= 0.3 is 10.2 Å². The van der Waals surface area contributed by atoms with Gasteiger partial charge in [-0.2, -0.15) is 12.7 Å². The summed E-state index contributed by atoms with van der Waals surface area (Å²) in [6.45, 7) is 0.504. The van der Waals surface area contributed by atoms with Crippen LogP contribution in [0.3, 0.4) is 0 Å². The molecule has 1 saturated carbocycles. The molecule has 38 heavy (non-hydrogen) atoms. The first-order valence-electron chi connectivity index (χ1n) is 13.5. The smallest absolute Gasteiger partial charge is 0.303 e. The van der Waals surface area contributed by atoms with Crippen LogP contribution in [0, 0.1) is 5.92 Å². The number of methoxy groups -OCH3 is 1. The Bertz CT molecular complexity index is 1520. The minimum Gasteiger partial charge on any atom is -0.496 e. The summed E-state index contributed by atoms with van der Waals surface area (Å²) in [6, 6.07) is 6.49. The number of nitrogens with one attached hydrogen (secondary N) is 1. The van der Waals surface area contributed by atoms with Crippen molar-refractivity contribution in [3.05, 3.63) is 63.9 Å². The Kier molecular flexibility index (Phi) is 6.28. The van der Waals surface area contributed by atoms with Crippen molar-refractivity contribution in [3.8, 4) is 5.75 Å². The summed E-state index contributed by atoms with van der Waals surface area (Å²) < 4.78 is 36.2. The van der Waals surface area contributed by atoms with Crippen molar-refractivity contribution in [1.82, 2.24) is 13.6 Å². The van der Waals surface area contributed by atoms with E-state index in [0.29, 0.717) is 18.0 Å². The van der Waals surface area contributed by atoms with E-state index in [4.69, 9.17) is 4.74 Å². The van der Waals surface area contributed by atoms with Gasteiger partial charge in [-0.25, -0.2) is 4.72 Å². The Balaban J connectivity index is 1.55. The lowest BCUT2D eigenvalue weighted by Crippen LogP contribution is -2.39. The van der Waals surface area contributed by atoms with Crippen molar-refractivity contribution in [3.63, 3.8) is 0 Å². The third-order valence-corrected chi connectivity index (χ3v) is 10.2. The van der Waals surface area contributed by atoms with E-state index in [1.807, 2.05) is 6.08 Å². The number of amides is 1. The Morgan fingerprint density at radius 2 is 1.97 bits per heavy atom. The summed E-state index contributed by atoms with van der Waals surface area (Å²) in [5.41, 5.74) is 6.71. The molecule has 0 spiro atoms. The van der Waals surface area contributed by atoms with Crippen molar-refractivity contribution < 1.29 is 23.1 Å². The molecule has 8 nitrogen and oxygen atoms in total. The predicted octanol–water partition coefficient (Wildman–Crippen LogP) is 3.89. The van der Waals surface area contributed by atoms with Crippen molar-refractivity contribution in [1.29, 1.82) is 0 Å². The molecule has 1 aromatic carbocycles. The number of aliphatic hydroxyl groups is 1. The standard InChI is InChI=1S/C29H35N3O5S/c1-31(2)38(35,36)30-29(34)27-22-15-32-23(25-18(16-33)10-7-11-20(25)26(22)27)14-21-24(37-3)13-12-19(28(21)32)17-8-5-4-6-9-17/h7,11-14,17-18,25,33H,4-6,8-10,15-16H2,1-3H3,(H,30,34)/t18-,25?/m0/s1. The number of aliphatic hydroxyl groups excluding tert-OH is 1. The number of aromatic nitrogens is 1. The predicted molar refractivity (Wildman–Crippen MR) is 146 cm³/mol. The maximum Gasteiger partial charge on any atom is 0.303 e. The second-order valence-electron chi connectivity index (χ2n) is 11.1. The van der Waals surface area contributed by atoms with Crippen molar-refractivity contribution in [2.45, 2.75) is 56.9 Å². The van der Waals surface area contributed by atoms with E-state index in [-0.39, 0.29) is 18.4 Å². The number of ether oxygens (including phenoxy) is 1. The summed E-state index contributed by atoms with van der Waals surface area (Å²) in [7, 11) is 0.561. The average molecular weight is 538 g/mol. The fourth-order valence-corrected chi connectivity index (χ4v) is 7.32. The Hall–Kier alpha value is -2.88. The van der Waals surface area contributed by atoms with Gasteiger partial charge in [-0.05, 0) is 65.5 Å².